The third-order valence-electron chi connectivity index (χ3n) is 3.66. The number of carbonyl (C=O) groups excluding carboxylic acids is 2. The molecule has 5 nitrogen and oxygen atoms in total. The molecule has 0 spiro atoms. The highest BCUT2D eigenvalue weighted by molar-refractivity contribution is 5.96. The summed E-state index contributed by atoms with van der Waals surface area (Å²) in [5.41, 5.74) is 8.28. The van der Waals surface area contributed by atoms with Gasteiger partial charge in [-0.05, 0) is 36.1 Å². The van der Waals surface area contributed by atoms with E-state index in [1.165, 1.54) is 0 Å². The van der Waals surface area contributed by atoms with Gasteiger partial charge in [0.05, 0.1) is 5.92 Å². The third kappa shape index (κ3) is 3.17. The van der Waals surface area contributed by atoms with Crippen LogP contribution in [0.4, 0.5) is 11.4 Å². The number of nitrogens with two attached hydrogens (primary N) is 1. The predicted molar refractivity (Wildman–Crippen MR) is 79.4 cm³/mol. The number of hydrogen-bond acceptors (Lipinski definition) is 3. The van der Waals surface area contributed by atoms with E-state index in [4.69, 9.17) is 5.73 Å². The largest absolute Gasteiger partial charge is 0.330 e. The number of anilines is 2. The van der Waals surface area contributed by atoms with Gasteiger partial charge in [-0.15, -0.1) is 0 Å². The lowest BCUT2D eigenvalue weighted by atomic mass is 9.95. The summed E-state index contributed by atoms with van der Waals surface area (Å²) in [6.45, 7) is 4.31. The Bertz CT molecular complexity index is 526. The van der Waals surface area contributed by atoms with Gasteiger partial charge in [0.25, 0.3) is 0 Å². The fourth-order valence-corrected chi connectivity index (χ4v) is 2.38. The molecule has 4 N–H and O–H groups in total. The van der Waals surface area contributed by atoms with Gasteiger partial charge in [-0.25, -0.2) is 0 Å². The van der Waals surface area contributed by atoms with E-state index >= 15 is 0 Å². The summed E-state index contributed by atoms with van der Waals surface area (Å²) >= 11 is 0. The standard InChI is InChI=1S/C15H21N3O2/c1-9(2)12(8-16)15(20)17-11-4-5-13-10(7-11)3-6-14(19)18-13/h4-5,7,9,12H,3,6,8,16H2,1-2H3,(H,17,20)(H,18,19). The second-order valence-electron chi connectivity index (χ2n) is 5.50. The highest BCUT2D eigenvalue weighted by Crippen LogP contribution is 2.26. The van der Waals surface area contributed by atoms with Crippen molar-refractivity contribution in [3.05, 3.63) is 23.8 Å². The maximum absolute atomic E-state index is 12.1. The molecular formula is C15H21N3O2. The van der Waals surface area contributed by atoms with E-state index in [0.29, 0.717) is 19.4 Å². The van der Waals surface area contributed by atoms with Crippen molar-refractivity contribution in [1.29, 1.82) is 0 Å². The Morgan fingerprint density at radius 1 is 1.40 bits per heavy atom. The summed E-state index contributed by atoms with van der Waals surface area (Å²) < 4.78 is 0. The Balaban J connectivity index is 2.11. The zero-order valence-corrected chi connectivity index (χ0v) is 11.9. The van der Waals surface area contributed by atoms with Crippen LogP contribution in [0.3, 0.4) is 0 Å². The molecule has 1 atom stereocenters. The van der Waals surface area contributed by atoms with Gasteiger partial charge in [-0.1, -0.05) is 13.8 Å². The van der Waals surface area contributed by atoms with Gasteiger partial charge in [-0.3, -0.25) is 9.59 Å². The average Bonchev–Trinajstić information content (AvgIpc) is 2.39. The Morgan fingerprint density at radius 2 is 2.15 bits per heavy atom. The van der Waals surface area contributed by atoms with Gasteiger partial charge in [0.2, 0.25) is 11.8 Å². The molecule has 5 heteroatoms. The second kappa shape index (κ2) is 6.05. The van der Waals surface area contributed by atoms with Gasteiger partial charge in [0, 0.05) is 24.3 Å². The van der Waals surface area contributed by atoms with Gasteiger partial charge in [0.1, 0.15) is 0 Å². The van der Waals surface area contributed by atoms with Crippen molar-refractivity contribution in [2.45, 2.75) is 26.7 Å². The van der Waals surface area contributed by atoms with Gasteiger partial charge < -0.3 is 16.4 Å². The van der Waals surface area contributed by atoms with Crippen LogP contribution in [0.15, 0.2) is 18.2 Å². The summed E-state index contributed by atoms with van der Waals surface area (Å²) in [6, 6.07) is 5.55. The number of amides is 2. The van der Waals surface area contributed by atoms with Crippen LogP contribution in [0, 0.1) is 11.8 Å². The number of aryl methyl sites for hydroxylation is 1. The molecule has 1 aliphatic heterocycles. The normalized spacial score (nSPS) is 15.5. The first-order chi connectivity index (χ1) is 9.51. The molecule has 1 aromatic carbocycles. The maximum Gasteiger partial charge on any atom is 0.229 e. The zero-order valence-electron chi connectivity index (χ0n) is 11.9. The maximum atomic E-state index is 12.1. The Labute approximate surface area is 118 Å². The lowest BCUT2D eigenvalue weighted by Gasteiger charge is -2.20. The molecule has 1 heterocycles. The van der Waals surface area contributed by atoms with Crippen molar-refractivity contribution < 1.29 is 9.59 Å². The monoisotopic (exact) mass is 275 g/mol. The van der Waals surface area contributed by atoms with Crippen LogP contribution in [0.1, 0.15) is 25.8 Å². The van der Waals surface area contributed by atoms with Crippen molar-refractivity contribution in [3.63, 3.8) is 0 Å². The first kappa shape index (κ1) is 14.5. The number of fused-ring (bicyclic) bond motifs is 1. The molecule has 108 valence electrons. The number of nitrogens with one attached hydrogen (secondary N) is 2. The van der Waals surface area contributed by atoms with Gasteiger partial charge >= 0.3 is 0 Å². The minimum absolute atomic E-state index is 0.0392. The molecule has 2 amide bonds. The second-order valence-corrected chi connectivity index (χ2v) is 5.50. The minimum atomic E-state index is -0.189. The highest BCUT2D eigenvalue weighted by Gasteiger charge is 2.21. The van der Waals surface area contributed by atoms with Crippen molar-refractivity contribution in [1.82, 2.24) is 0 Å². The zero-order chi connectivity index (χ0) is 14.7. The quantitative estimate of drug-likeness (QED) is 0.782. The Morgan fingerprint density at radius 3 is 2.80 bits per heavy atom. The SMILES string of the molecule is CC(C)C(CN)C(=O)Nc1ccc2c(c1)CCC(=O)N2. The molecule has 0 radical (unpaired) electrons. The van der Waals surface area contributed by atoms with Crippen LogP contribution in [0.5, 0.6) is 0 Å². The number of rotatable bonds is 4. The Kier molecular flexibility index (Phi) is 4.39. The third-order valence-corrected chi connectivity index (χ3v) is 3.66. The molecule has 0 saturated heterocycles. The van der Waals surface area contributed by atoms with E-state index in [9.17, 15) is 9.59 Å². The van der Waals surface area contributed by atoms with Crippen LogP contribution in [-0.4, -0.2) is 18.4 Å². The van der Waals surface area contributed by atoms with Gasteiger partial charge in [-0.2, -0.15) is 0 Å². The number of carbonyl (C=O) groups is 2. The van der Waals surface area contributed by atoms with Gasteiger partial charge in [0.15, 0.2) is 0 Å². The molecule has 0 fully saturated rings. The summed E-state index contributed by atoms with van der Waals surface area (Å²) in [7, 11) is 0. The van der Waals surface area contributed by atoms with Crippen LogP contribution < -0.4 is 16.4 Å². The highest BCUT2D eigenvalue weighted by atomic mass is 16.2. The fourth-order valence-electron chi connectivity index (χ4n) is 2.38. The molecule has 0 saturated carbocycles. The van der Waals surface area contributed by atoms with Crippen molar-refractivity contribution in [2.24, 2.45) is 17.6 Å². The molecule has 2 rings (SSSR count). The molecular weight excluding hydrogens is 254 g/mol. The van der Waals surface area contributed by atoms with Crippen molar-refractivity contribution >= 4 is 23.2 Å². The smallest absolute Gasteiger partial charge is 0.229 e. The van der Waals surface area contributed by atoms with Crippen LogP contribution >= 0.6 is 0 Å². The van der Waals surface area contributed by atoms with Crippen LogP contribution in [0.25, 0.3) is 0 Å². The van der Waals surface area contributed by atoms with Crippen molar-refractivity contribution in [3.8, 4) is 0 Å². The van der Waals surface area contributed by atoms with E-state index in [1.54, 1.807) is 6.07 Å². The number of hydrogen-bond donors (Lipinski definition) is 3. The summed E-state index contributed by atoms with van der Waals surface area (Å²) in [5, 5.41) is 5.72. The minimum Gasteiger partial charge on any atom is -0.330 e. The molecule has 0 aromatic heterocycles. The van der Waals surface area contributed by atoms with E-state index in [2.05, 4.69) is 10.6 Å². The van der Waals surface area contributed by atoms with Crippen LogP contribution in [-0.2, 0) is 16.0 Å². The predicted octanol–water partition coefficient (Wildman–Crippen LogP) is 1.74. The lowest BCUT2D eigenvalue weighted by Crippen LogP contribution is -2.33. The topological polar surface area (TPSA) is 84.2 Å². The summed E-state index contributed by atoms with van der Waals surface area (Å²) in [6.07, 6.45) is 1.19. The van der Waals surface area contributed by atoms with Crippen molar-refractivity contribution in [2.75, 3.05) is 17.2 Å². The molecule has 20 heavy (non-hydrogen) atoms. The molecule has 1 aliphatic rings. The van der Waals surface area contributed by atoms with E-state index < -0.39 is 0 Å². The summed E-state index contributed by atoms with van der Waals surface area (Å²) in [5.74, 6) is 0.00207. The van der Waals surface area contributed by atoms with Crippen LogP contribution in [0.2, 0.25) is 0 Å². The Hall–Kier alpha value is -1.88. The molecule has 1 aromatic rings. The molecule has 0 bridgehead atoms. The lowest BCUT2D eigenvalue weighted by molar-refractivity contribution is -0.120. The number of benzene rings is 1. The molecule has 0 aliphatic carbocycles. The van der Waals surface area contributed by atoms with E-state index in [-0.39, 0.29) is 23.7 Å². The fraction of sp³-hybridized carbons (Fsp3) is 0.467. The summed E-state index contributed by atoms with van der Waals surface area (Å²) in [4.78, 5) is 23.4. The first-order valence-corrected chi connectivity index (χ1v) is 6.95. The first-order valence-electron chi connectivity index (χ1n) is 6.95. The molecule has 1 unspecified atom stereocenters. The van der Waals surface area contributed by atoms with E-state index in [1.807, 2.05) is 26.0 Å². The van der Waals surface area contributed by atoms with E-state index in [0.717, 1.165) is 16.9 Å². The average molecular weight is 275 g/mol.